The zero-order chi connectivity index (χ0) is 19.1. The Labute approximate surface area is 160 Å². The van der Waals surface area contributed by atoms with Crippen LogP contribution in [0, 0.1) is 5.92 Å². The summed E-state index contributed by atoms with van der Waals surface area (Å²) in [5.41, 5.74) is 2.45. The molecule has 0 unspecified atom stereocenters. The van der Waals surface area contributed by atoms with Crippen LogP contribution in [-0.2, 0) is 22.4 Å². The maximum Gasteiger partial charge on any atom is 0.305 e. The fraction of sp³-hybridized carbons (Fsp3) is 0.650. The Morgan fingerprint density at radius 2 is 2.22 bits per heavy atom. The molecule has 7 heteroatoms. The largest absolute Gasteiger partial charge is 0.481 e. The smallest absolute Gasteiger partial charge is 0.305 e. The van der Waals surface area contributed by atoms with Gasteiger partial charge in [0.15, 0.2) is 0 Å². The Hall–Kier alpha value is -2.15. The lowest BCUT2D eigenvalue weighted by atomic mass is 9.96. The van der Waals surface area contributed by atoms with Crippen molar-refractivity contribution in [1.82, 2.24) is 15.2 Å². The molecule has 0 aliphatic carbocycles. The van der Waals surface area contributed by atoms with Crippen LogP contribution in [0.2, 0.25) is 0 Å². The van der Waals surface area contributed by atoms with Crippen LogP contribution >= 0.6 is 0 Å². The molecule has 0 saturated carbocycles. The van der Waals surface area contributed by atoms with Gasteiger partial charge in [-0.1, -0.05) is 6.07 Å². The van der Waals surface area contributed by atoms with E-state index in [2.05, 4.69) is 27.7 Å². The van der Waals surface area contributed by atoms with Gasteiger partial charge in [0, 0.05) is 25.3 Å². The number of aryl methyl sites for hydroxylation is 2. The Kier molecular flexibility index (Phi) is 7.04. The van der Waals surface area contributed by atoms with Crippen LogP contribution in [0.1, 0.15) is 43.4 Å². The third-order valence-electron chi connectivity index (χ3n) is 5.37. The summed E-state index contributed by atoms with van der Waals surface area (Å²) in [6.45, 7) is 3.97. The van der Waals surface area contributed by atoms with Gasteiger partial charge >= 0.3 is 5.97 Å². The highest BCUT2D eigenvalue weighted by Gasteiger charge is 2.25. The molecule has 2 aliphatic heterocycles. The number of carboxylic acid groups (broad SMARTS) is 1. The third kappa shape index (κ3) is 5.92. The number of carbonyl (C=O) groups is 2. The summed E-state index contributed by atoms with van der Waals surface area (Å²) >= 11 is 0. The first-order valence-corrected chi connectivity index (χ1v) is 10.1. The Balaban J connectivity index is 1.40. The molecule has 1 amide bonds. The minimum absolute atomic E-state index is 0.0108. The number of piperidine rings is 1. The number of likely N-dealkylation sites (tertiary alicyclic amines) is 1. The van der Waals surface area contributed by atoms with E-state index in [1.54, 1.807) is 0 Å². The highest BCUT2D eigenvalue weighted by atomic mass is 16.4. The lowest BCUT2D eigenvalue weighted by Crippen LogP contribution is -2.43. The molecule has 0 bridgehead atoms. The number of hydrogen-bond acceptors (Lipinski definition) is 5. The van der Waals surface area contributed by atoms with Crippen LogP contribution in [0.4, 0.5) is 5.82 Å². The van der Waals surface area contributed by atoms with E-state index < -0.39 is 5.97 Å². The number of hydrogen-bond donors (Lipinski definition) is 3. The molecule has 1 atom stereocenters. The highest BCUT2D eigenvalue weighted by Crippen LogP contribution is 2.21. The summed E-state index contributed by atoms with van der Waals surface area (Å²) in [7, 11) is 0. The quantitative estimate of drug-likeness (QED) is 0.641. The van der Waals surface area contributed by atoms with Crippen LogP contribution < -0.4 is 10.6 Å². The summed E-state index contributed by atoms with van der Waals surface area (Å²) in [6.07, 6.45) is 6.13. The average molecular weight is 374 g/mol. The number of carboxylic acids is 1. The Morgan fingerprint density at radius 3 is 3.07 bits per heavy atom. The standard InChI is InChI=1S/C20H30N4O3/c25-18(26)9-11-22-20(27)16-5-2-12-24(14-16)13-3-6-17-8-7-15-4-1-10-21-19(15)23-17/h7-8,16H,1-6,9-14H2,(H,21,23)(H,22,27)(H,25,26)/t16-/m1/s1. The van der Waals surface area contributed by atoms with E-state index in [0.717, 1.165) is 69.8 Å². The molecule has 1 fully saturated rings. The van der Waals surface area contributed by atoms with Crippen LogP contribution in [-0.4, -0.2) is 59.6 Å². The molecule has 7 nitrogen and oxygen atoms in total. The SMILES string of the molecule is O=C(O)CCNC(=O)[C@@H]1CCCN(CCCc2ccc3c(n2)NCCC3)C1. The van der Waals surface area contributed by atoms with Gasteiger partial charge in [-0.25, -0.2) is 4.98 Å². The first-order chi connectivity index (χ1) is 13.1. The van der Waals surface area contributed by atoms with Crippen LogP contribution in [0.15, 0.2) is 12.1 Å². The normalized spacial score (nSPS) is 19.8. The predicted molar refractivity (Wildman–Crippen MR) is 104 cm³/mol. The van der Waals surface area contributed by atoms with Crippen molar-refractivity contribution < 1.29 is 14.7 Å². The molecule has 1 saturated heterocycles. The second kappa shape index (κ2) is 9.69. The number of carbonyl (C=O) groups excluding carboxylic acids is 1. The first-order valence-electron chi connectivity index (χ1n) is 10.1. The van der Waals surface area contributed by atoms with Crippen molar-refractivity contribution in [2.75, 3.05) is 38.0 Å². The van der Waals surface area contributed by atoms with E-state index in [0.29, 0.717) is 0 Å². The Bertz CT molecular complexity index is 665. The van der Waals surface area contributed by atoms with E-state index in [9.17, 15) is 9.59 Å². The zero-order valence-corrected chi connectivity index (χ0v) is 15.9. The average Bonchev–Trinajstić information content (AvgIpc) is 2.68. The number of aliphatic carboxylic acids is 1. The summed E-state index contributed by atoms with van der Waals surface area (Å²) in [4.78, 5) is 29.9. The number of anilines is 1. The maximum absolute atomic E-state index is 12.2. The van der Waals surface area contributed by atoms with Crippen molar-refractivity contribution in [3.8, 4) is 0 Å². The summed E-state index contributed by atoms with van der Waals surface area (Å²) in [6, 6.07) is 4.34. The number of rotatable bonds is 8. The molecule has 3 N–H and O–H groups in total. The van der Waals surface area contributed by atoms with Crippen molar-refractivity contribution in [3.05, 3.63) is 23.4 Å². The molecule has 3 rings (SSSR count). The lowest BCUT2D eigenvalue weighted by molar-refractivity contribution is -0.137. The molecule has 2 aliphatic rings. The van der Waals surface area contributed by atoms with Gasteiger partial charge in [0.1, 0.15) is 5.82 Å². The van der Waals surface area contributed by atoms with Crippen molar-refractivity contribution in [1.29, 1.82) is 0 Å². The van der Waals surface area contributed by atoms with E-state index in [1.165, 1.54) is 12.0 Å². The van der Waals surface area contributed by atoms with Gasteiger partial charge in [-0.2, -0.15) is 0 Å². The second-order valence-electron chi connectivity index (χ2n) is 7.52. The first kappa shape index (κ1) is 19.6. The lowest BCUT2D eigenvalue weighted by Gasteiger charge is -2.32. The van der Waals surface area contributed by atoms with Gasteiger partial charge in [-0.15, -0.1) is 0 Å². The number of nitrogens with zero attached hydrogens (tertiary/aromatic N) is 2. The molecule has 148 valence electrons. The summed E-state index contributed by atoms with van der Waals surface area (Å²) in [5.74, 6) is 0.128. The van der Waals surface area contributed by atoms with E-state index >= 15 is 0 Å². The molecule has 0 radical (unpaired) electrons. The van der Waals surface area contributed by atoms with E-state index in [-0.39, 0.29) is 24.8 Å². The van der Waals surface area contributed by atoms with Gasteiger partial charge in [-0.05, 0) is 63.2 Å². The number of pyridine rings is 1. The summed E-state index contributed by atoms with van der Waals surface area (Å²) < 4.78 is 0. The Morgan fingerprint density at radius 1 is 1.33 bits per heavy atom. The molecule has 0 aromatic carbocycles. The molecule has 0 spiro atoms. The summed E-state index contributed by atoms with van der Waals surface area (Å²) in [5, 5.41) is 14.8. The molecule has 3 heterocycles. The van der Waals surface area contributed by atoms with E-state index in [4.69, 9.17) is 10.1 Å². The molecule has 1 aromatic rings. The number of aromatic nitrogens is 1. The van der Waals surface area contributed by atoms with Crippen LogP contribution in [0.5, 0.6) is 0 Å². The fourth-order valence-electron chi connectivity index (χ4n) is 3.90. The van der Waals surface area contributed by atoms with E-state index in [1.807, 2.05) is 0 Å². The molecule has 27 heavy (non-hydrogen) atoms. The van der Waals surface area contributed by atoms with Crippen molar-refractivity contribution >= 4 is 17.7 Å². The minimum Gasteiger partial charge on any atom is -0.481 e. The third-order valence-corrected chi connectivity index (χ3v) is 5.37. The molecular weight excluding hydrogens is 344 g/mol. The zero-order valence-electron chi connectivity index (χ0n) is 15.9. The van der Waals surface area contributed by atoms with Crippen LogP contribution in [0.25, 0.3) is 0 Å². The van der Waals surface area contributed by atoms with Gasteiger partial charge in [0.2, 0.25) is 5.91 Å². The minimum atomic E-state index is -0.883. The van der Waals surface area contributed by atoms with Gasteiger partial charge in [0.25, 0.3) is 0 Å². The molecule has 1 aromatic heterocycles. The van der Waals surface area contributed by atoms with Gasteiger partial charge < -0.3 is 20.6 Å². The monoisotopic (exact) mass is 374 g/mol. The van der Waals surface area contributed by atoms with Gasteiger partial charge in [-0.3, -0.25) is 9.59 Å². The maximum atomic E-state index is 12.2. The number of amides is 1. The second-order valence-corrected chi connectivity index (χ2v) is 7.52. The number of nitrogens with one attached hydrogen (secondary N) is 2. The molecular formula is C20H30N4O3. The topological polar surface area (TPSA) is 94.6 Å². The fourth-order valence-corrected chi connectivity index (χ4v) is 3.90. The van der Waals surface area contributed by atoms with Gasteiger partial charge in [0.05, 0.1) is 12.3 Å². The highest BCUT2D eigenvalue weighted by molar-refractivity contribution is 5.79. The van der Waals surface area contributed by atoms with Crippen molar-refractivity contribution in [2.45, 2.75) is 44.9 Å². The van der Waals surface area contributed by atoms with Crippen LogP contribution in [0.3, 0.4) is 0 Å². The van der Waals surface area contributed by atoms with Crippen molar-refractivity contribution in [3.63, 3.8) is 0 Å². The number of fused-ring (bicyclic) bond motifs is 1. The van der Waals surface area contributed by atoms with Crippen molar-refractivity contribution in [2.24, 2.45) is 5.92 Å². The predicted octanol–water partition coefficient (Wildman–Crippen LogP) is 1.68.